The molecule has 1 aliphatic carbocycles. The van der Waals surface area contributed by atoms with Crippen LogP contribution in [0.25, 0.3) is 0 Å². The van der Waals surface area contributed by atoms with E-state index < -0.39 is 0 Å². The highest BCUT2D eigenvalue weighted by Gasteiger charge is 2.20. The molecule has 1 fully saturated rings. The normalized spacial score (nSPS) is 15.5. The van der Waals surface area contributed by atoms with Gasteiger partial charge in [-0.15, -0.1) is 0 Å². The monoisotopic (exact) mass is 219 g/mol. The van der Waals surface area contributed by atoms with Crippen molar-refractivity contribution in [2.24, 2.45) is 0 Å². The van der Waals surface area contributed by atoms with E-state index in [1.807, 2.05) is 0 Å². The molecule has 1 saturated carbocycles. The van der Waals surface area contributed by atoms with Gasteiger partial charge < -0.3 is 10.2 Å². The molecule has 16 heavy (non-hydrogen) atoms. The van der Waals surface area contributed by atoms with Gasteiger partial charge in [-0.1, -0.05) is 6.07 Å². The summed E-state index contributed by atoms with van der Waals surface area (Å²) in [6.45, 7) is 5.25. The first-order valence-electron chi connectivity index (χ1n) is 6.09. The summed E-state index contributed by atoms with van der Waals surface area (Å²) in [6, 6.07) is 7.48. The molecule has 0 spiro atoms. The van der Waals surface area contributed by atoms with Crippen molar-refractivity contribution in [3.05, 3.63) is 23.9 Å². The molecule has 1 heterocycles. The molecule has 0 saturated heterocycles. The van der Waals surface area contributed by atoms with Crippen LogP contribution in [0, 0.1) is 0 Å². The Morgan fingerprint density at radius 3 is 2.81 bits per heavy atom. The Hall–Kier alpha value is -1.09. The Kier molecular flexibility index (Phi) is 3.44. The van der Waals surface area contributed by atoms with E-state index in [1.54, 1.807) is 0 Å². The van der Waals surface area contributed by atoms with Crippen molar-refractivity contribution >= 4 is 5.82 Å². The highest BCUT2D eigenvalue weighted by molar-refractivity contribution is 5.39. The van der Waals surface area contributed by atoms with Crippen LogP contribution in [0.3, 0.4) is 0 Å². The lowest BCUT2D eigenvalue weighted by atomic mass is 10.3. The molecule has 1 aromatic rings. The Bertz CT molecular complexity index is 345. The van der Waals surface area contributed by atoms with Crippen LogP contribution in [-0.4, -0.2) is 24.1 Å². The van der Waals surface area contributed by atoms with Crippen LogP contribution in [0.4, 0.5) is 5.82 Å². The van der Waals surface area contributed by atoms with Gasteiger partial charge in [0, 0.05) is 25.7 Å². The van der Waals surface area contributed by atoms with E-state index in [2.05, 4.69) is 54.3 Å². The number of pyridine rings is 1. The van der Waals surface area contributed by atoms with E-state index in [4.69, 9.17) is 0 Å². The molecule has 1 N–H and O–H groups in total. The predicted molar refractivity (Wildman–Crippen MR) is 67.6 cm³/mol. The molecule has 88 valence electrons. The standard InChI is InChI=1S/C13H21N3/c1-10(2)16(3)13-6-4-5-12(15-13)9-14-11-7-8-11/h4-6,10-11,14H,7-9H2,1-3H3. The average Bonchev–Trinajstić information content (AvgIpc) is 3.09. The van der Waals surface area contributed by atoms with Crippen LogP contribution in [0.15, 0.2) is 18.2 Å². The highest BCUT2D eigenvalue weighted by atomic mass is 15.2. The molecule has 3 heteroatoms. The second kappa shape index (κ2) is 4.83. The van der Waals surface area contributed by atoms with Gasteiger partial charge >= 0.3 is 0 Å². The van der Waals surface area contributed by atoms with E-state index in [9.17, 15) is 0 Å². The molecule has 0 unspecified atom stereocenters. The summed E-state index contributed by atoms with van der Waals surface area (Å²) >= 11 is 0. The first-order valence-corrected chi connectivity index (χ1v) is 6.09. The minimum atomic E-state index is 0.485. The van der Waals surface area contributed by atoms with Crippen molar-refractivity contribution in [1.29, 1.82) is 0 Å². The molecule has 3 nitrogen and oxygen atoms in total. The summed E-state index contributed by atoms with van der Waals surface area (Å²) in [4.78, 5) is 6.85. The van der Waals surface area contributed by atoms with Crippen LogP contribution >= 0.6 is 0 Å². The Labute approximate surface area is 97.9 Å². The van der Waals surface area contributed by atoms with E-state index in [-0.39, 0.29) is 0 Å². The summed E-state index contributed by atoms with van der Waals surface area (Å²) in [5, 5.41) is 3.49. The molecule has 0 bridgehead atoms. The van der Waals surface area contributed by atoms with Gasteiger partial charge in [-0.25, -0.2) is 4.98 Å². The van der Waals surface area contributed by atoms with E-state index in [1.165, 1.54) is 12.8 Å². The first kappa shape index (κ1) is 11.4. The quantitative estimate of drug-likeness (QED) is 0.822. The minimum Gasteiger partial charge on any atom is -0.357 e. The molecule has 0 aliphatic heterocycles. The number of aromatic nitrogens is 1. The fraction of sp³-hybridized carbons (Fsp3) is 0.615. The van der Waals surface area contributed by atoms with Crippen LogP contribution < -0.4 is 10.2 Å². The third kappa shape index (κ3) is 2.95. The van der Waals surface area contributed by atoms with Gasteiger partial charge in [-0.05, 0) is 38.8 Å². The second-order valence-electron chi connectivity index (χ2n) is 4.85. The molecule has 0 amide bonds. The van der Waals surface area contributed by atoms with Crippen LogP contribution in [0.1, 0.15) is 32.4 Å². The van der Waals surface area contributed by atoms with Gasteiger partial charge in [-0.2, -0.15) is 0 Å². The van der Waals surface area contributed by atoms with Crippen molar-refractivity contribution in [2.75, 3.05) is 11.9 Å². The maximum atomic E-state index is 4.66. The highest BCUT2D eigenvalue weighted by Crippen LogP contribution is 2.19. The molecular formula is C13H21N3. The summed E-state index contributed by atoms with van der Waals surface area (Å²) in [6.07, 6.45) is 2.65. The summed E-state index contributed by atoms with van der Waals surface area (Å²) in [5.41, 5.74) is 1.14. The summed E-state index contributed by atoms with van der Waals surface area (Å²) < 4.78 is 0. The molecule has 0 atom stereocenters. The molecule has 2 rings (SSSR count). The van der Waals surface area contributed by atoms with Gasteiger partial charge in [-0.3, -0.25) is 0 Å². The van der Waals surface area contributed by atoms with Gasteiger partial charge in [0.25, 0.3) is 0 Å². The topological polar surface area (TPSA) is 28.2 Å². The smallest absolute Gasteiger partial charge is 0.128 e. The number of nitrogens with one attached hydrogen (secondary N) is 1. The fourth-order valence-electron chi connectivity index (χ4n) is 1.56. The zero-order valence-corrected chi connectivity index (χ0v) is 10.4. The predicted octanol–water partition coefficient (Wildman–Crippen LogP) is 2.18. The maximum absolute atomic E-state index is 4.66. The zero-order chi connectivity index (χ0) is 11.5. The van der Waals surface area contributed by atoms with Crippen molar-refractivity contribution in [3.8, 4) is 0 Å². The lowest BCUT2D eigenvalue weighted by Gasteiger charge is -2.22. The van der Waals surface area contributed by atoms with Crippen molar-refractivity contribution in [3.63, 3.8) is 0 Å². The number of hydrogen-bond acceptors (Lipinski definition) is 3. The van der Waals surface area contributed by atoms with Crippen molar-refractivity contribution in [2.45, 2.75) is 45.3 Å². The lowest BCUT2D eigenvalue weighted by Crippen LogP contribution is -2.27. The third-order valence-electron chi connectivity index (χ3n) is 3.08. The molecule has 1 aromatic heterocycles. The Morgan fingerprint density at radius 2 is 2.19 bits per heavy atom. The first-order chi connectivity index (χ1) is 7.66. The number of nitrogens with zero attached hydrogens (tertiary/aromatic N) is 2. The molecule has 0 radical (unpaired) electrons. The fourth-order valence-corrected chi connectivity index (χ4v) is 1.56. The summed E-state index contributed by atoms with van der Waals surface area (Å²) in [5.74, 6) is 1.06. The molecular weight excluding hydrogens is 198 g/mol. The van der Waals surface area contributed by atoms with Gasteiger partial charge in [0.2, 0.25) is 0 Å². The Morgan fingerprint density at radius 1 is 1.44 bits per heavy atom. The van der Waals surface area contributed by atoms with Crippen LogP contribution in [-0.2, 0) is 6.54 Å². The van der Waals surface area contributed by atoms with E-state index >= 15 is 0 Å². The van der Waals surface area contributed by atoms with Gasteiger partial charge in [0.05, 0.1) is 5.69 Å². The lowest BCUT2D eigenvalue weighted by molar-refractivity contribution is 0.670. The zero-order valence-electron chi connectivity index (χ0n) is 10.4. The maximum Gasteiger partial charge on any atom is 0.128 e. The minimum absolute atomic E-state index is 0.485. The van der Waals surface area contributed by atoms with Crippen LogP contribution in [0.5, 0.6) is 0 Å². The Balaban J connectivity index is 1.99. The molecule has 1 aliphatic rings. The van der Waals surface area contributed by atoms with Gasteiger partial charge in [0.15, 0.2) is 0 Å². The summed E-state index contributed by atoms with van der Waals surface area (Å²) in [7, 11) is 2.09. The van der Waals surface area contributed by atoms with E-state index in [0.29, 0.717) is 6.04 Å². The molecule has 0 aromatic carbocycles. The van der Waals surface area contributed by atoms with Gasteiger partial charge in [0.1, 0.15) is 5.82 Å². The number of hydrogen-bond donors (Lipinski definition) is 1. The number of anilines is 1. The van der Waals surface area contributed by atoms with E-state index in [0.717, 1.165) is 24.1 Å². The second-order valence-corrected chi connectivity index (χ2v) is 4.85. The average molecular weight is 219 g/mol. The third-order valence-corrected chi connectivity index (χ3v) is 3.08. The van der Waals surface area contributed by atoms with Crippen LogP contribution in [0.2, 0.25) is 0 Å². The van der Waals surface area contributed by atoms with Crippen molar-refractivity contribution in [1.82, 2.24) is 10.3 Å². The number of rotatable bonds is 5. The SMILES string of the molecule is CC(C)N(C)c1cccc(CNC2CC2)n1. The van der Waals surface area contributed by atoms with Crippen molar-refractivity contribution < 1.29 is 0 Å². The largest absolute Gasteiger partial charge is 0.357 e.